The van der Waals surface area contributed by atoms with Gasteiger partial charge >= 0.3 is 0 Å². The van der Waals surface area contributed by atoms with Crippen LogP contribution >= 0.6 is 0 Å². The maximum absolute atomic E-state index is 12.6. The number of anilines is 2. The van der Waals surface area contributed by atoms with Gasteiger partial charge in [-0.1, -0.05) is 29.5 Å². The Bertz CT molecular complexity index is 1080. The lowest BCUT2D eigenvalue weighted by Gasteiger charge is -2.11. The van der Waals surface area contributed by atoms with Crippen LogP contribution in [0.15, 0.2) is 36.4 Å². The average Bonchev–Trinajstić information content (AvgIpc) is 3.03. The summed E-state index contributed by atoms with van der Waals surface area (Å²) in [5.74, 6) is -0.578. The quantitative estimate of drug-likeness (QED) is 0.694. The number of nitrogens with one attached hydrogen (secondary N) is 2. The smallest absolute Gasteiger partial charge is 0.278 e. The van der Waals surface area contributed by atoms with Gasteiger partial charge in [-0.15, -0.1) is 5.10 Å². The Balaban J connectivity index is 1.71. The highest BCUT2D eigenvalue weighted by molar-refractivity contribution is 6.04. The molecule has 1 heterocycles. The summed E-state index contributed by atoms with van der Waals surface area (Å²) in [6.45, 7) is 9.59. The van der Waals surface area contributed by atoms with Crippen LogP contribution in [0.5, 0.6) is 0 Å². The molecule has 0 spiro atoms. The SMILES string of the molecule is Cc1cccc(NC(=O)Cn2nnc(C(=O)Nc3cccc(C)c3C)c2C)c1C. The molecule has 2 aromatic carbocycles. The first-order valence-electron chi connectivity index (χ1n) is 9.41. The highest BCUT2D eigenvalue weighted by Gasteiger charge is 2.19. The molecule has 2 amide bonds. The van der Waals surface area contributed by atoms with Crippen molar-refractivity contribution in [2.75, 3.05) is 10.6 Å². The largest absolute Gasteiger partial charge is 0.324 e. The standard InChI is InChI=1S/C22H25N5O2/c1-13-8-6-10-18(15(13)3)23-20(28)12-27-17(5)21(25-26-27)22(29)24-19-11-7-9-14(2)16(19)4/h6-11H,12H2,1-5H3,(H,23,28)(H,24,29). The van der Waals surface area contributed by atoms with Crippen LogP contribution in [0.3, 0.4) is 0 Å². The third-order valence-electron chi connectivity index (χ3n) is 5.22. The number of aromatic nitrogens is 3. The first-order chi connectivity index (χ1) is 13.8. The number of aryl methyl sites for hydroxylation is 2. The van der Waals surface area contributed by atoms with Crippen LogP contribution in [0, 0.1) is 34.6 Å². The van der Waals surface area contributed by atoms with E-state index in [2.05, 4.69) is 20.9 Å². The van der Waals surface area contributed by atoms with Crippen LogP contribution in [0.25, 0.3) is 0 Å². The van der Waals surface area contributed by atoms with E-state index in [1.54, 1.807) is 6.92 Å². The number of benzene rings is 2. The van der Waals surface area contributed by atoms with Crippen molar-refractivity contribution in [3.05, 3.63) is 70.0 Å². The first kappa shape index (κ1) is 20.3. The van der Waals surface area contributed by atoms with Crippen molar-refractivity contribution in [1.29, 1.82) is 0 Å². The van der Waals surface area contributed by atoms with E-state index in [0.29, 0.717) is 5.69 Å². The molecule has 7 heteroatoms. The van der Waals surface area contributed by atoms with E-state index >= 15 is 0 Å². The molecule has 0 bridgehead atoms. The molecule has 3 rings (SSSR count). The van der Waals surface area contributed by atoms with Crippen LogP contribution in [-0.2, 0) is 11.3 Å². The number of hydrogen-bond donors (Lipinski definition) is 2. The molecule has 0 aliphatic carbocycles. The van der Waals surface area contributed by atoms with Crippen LogP contribution in [0.1, 0.15) is 38.4 Å². The van der Waals surface area contributed by atoms with Crippen molar-refractivity contribution in [2.45, 2.75) is 41.2 Å². The minimum Gasteiger partial charge on any atom is -0.324 e. The fraction of sp³-hybridized carbons (Fsp3) is 0.273. The van der Waals surface area contributed by atoms with Crippen molar-refractivity contribution < 1.29 is 9.59 Å². The first-order valence-corrected chi connectivity index (χ1v) is 9.41. The lowest BCUT2D eigenvalue weighted by molar-refractivity contribution is -0.117. The summed E-state index contributed by atoms with van der Waals surface area (Å²) in [4.78, 5) is 25.1. The Morgan fingerprint density at radius 3 is 2.00 bits per heavy atom. The van der Waals surface area contributed by atoms with Crippen LogP contribution < -0.4 is 10.6 Å². The predicted octanol–water partition coefficient (Wildman–Crippen LogP) is 3.71. The molecular formula is C22H25N5O2. The Morgan fingerprint density at radius 1 is 0.862 bits per heavy atom. The molecule has 0 saturated heterocycles. The zero-order valence-corrected chi connectivity index (χ0v) is 17.3. The topological polar surface area (TPSA) is 88.9 Å². The van der Waals surface area contributed by atoms with E-state index in [0.717, 1.165) is 33.6 Å². The zero-order valence-electron chi connectivity index (χ0n) is 17.3. The van der Waals surface area contributed by atoms with Gasteiger partial charge in [-0.05, 0) is 69.0 Å². The second kappa shape index (κ2) is 8.26. The molecule has 0 radical (unpaired) electrons. The van der Waals surface area contributed by atoms with E-state index < -0.39 is 0 Å². The van der Waals surface area contributed by atoms with Gasteiger partial charge in [0, 0.05) is 11.4 Å². The molecule has 150 valence electrons. The Labute approximate surface area is 170 Å². The van der Waals surface area contributed by atoms with Gasteiger partial charge in [0.05, 0.1) is 5.69 Å². The van der Waals surface area contributed by atoms with E-state index in [-0.39, 0.29) is 24.1 Å². The molecule has 29 heavy (non-hydrogen) atoms. The maximum atomic E-state index is 12.6. The maximum Gasteiger partial charge on any atom is 0.278 e. The summed E-state index contributed by atoms with van der Waals surface area (Å²) >= 11 is 0. The molecule has 0 aliphatic heterocycles. The number of amides is 2. The van der Waals surface area contributed by atoms with E-state index in [9.17, 15) is 9.59 Å². The molecule has 0 saturated carbocycles. The fourth-order valence-corrected chi connectivity index (χ4v) is 3.00. The molecule has 0 atom stereocenters. The summed E-state index contributed by atoms with van der Waals surface area (Å²) in [5, 5.41) is 13.7. The summed E-state index contributed by atoms with van der Waals surface area (Å²) in [5.41, 5.74) is 6.44. The minimum absolute atomic E-state index is 0.0248. The van der Waals surface area contributed by atoms with E-state index in [1.165, 1.54) is 4.68 Å². The van der Waals surface area contributed by atoms with Crippen LogP contribution in [0.4, 0.5) is 11.4 Å². The van der Waals surface area contributed by atoms with Gasteiger partial charge in [0.1, 0.15) is 6.54 Å². The molecule has 3 aromatic rings. The average molecular weight is 391 g/mol. The van der Waals surface area contributed by atoms with Crippen molar-refractivity contribution in [2.24, 2.45) is 0 Å². The van der Waals surface area contributed by atoms with E-state index in [4.69, 9.17) is 0 Å². The lowest BCUT2D eigenvalue weighted by Crippen LogP contribution is -2.21. The second-order valence-electron chi connectivity index (χ2n) is 7.18. The van der Waals surface area contributed by atoms with Gasteiger partial charge in [0.2, 0.25) is 5.91 Å². The van der Waals surface area contributed by atoms with Gasteiger partial charge in [0.25, 0.3) is 5.91 Å². The molecule has 0 aliphatic rings. The minimum atomic E-state index is -0.350. The second-order valence-corrected chi connectivity index (χ2v) is 7.18. The molecule has 0 unspecified atom stereocenters. The molecule has 0 fully saturated rings. The van der Waals surface area contributed by atoms with Crippen molar-refractivity contribution in [3.63, 3.8) is 0 Å². The number of rotatable bonds is 5. The molecular weight excluding hydrogens is 366 g/mol. The van der Waals surface area contributed by atoms with Gasteiger partial charge in [0.15, 0.2) is 5.69 Å². The Hall–Kier alpha value is -3.48. The van der Waals surface area contributed by atoms with Gasteiger partial charge in [-0.3, -0.25) is 9.59 Å². The zero-order chi connectivity index (χ0) is 21.1. The number of nitrogens with zero attached hydrogens (tertiary/aromatic N) is 3. The number of carbonyl (C=O) groups is 2. The van der Waals surface area contributed by atoms with Gasteiger partial charge in [-0.2, -0.15) is 0 Å². The van der Waals surface area contributed by atoms with E-state index in [1.807, 2.05) is 64.1 Å². The molecule has 2 N–H and O–H groups in total. The normalized spacial score (nSPS) is 10.7. The predicted molar refractivity (Wildman–Crippen MR) is 113 cm³/mol. The van der Waals surface area contributed by atoms with Crippen molar-refractivity contribution >= 4 is 23.2 Å². The van der Waals surface area contributed by atoms with Crippen molar-refractivity contribution in [1.82, 2.24) is 15.0 Å². The summed E-state index contributed by atoms with van der Waals surface area (Å²) < 4.78 is 1.43. The molecule has 1 aromatic heterocycles. The van der Waals surface area contributed by atoms with Crippen LogP contribution in [-0.4, -0.2) is 26.8 Å². The molecule has 7 nitrogen and oxygen atoms in total. The summed E-state index contributed by atoms with van der Waals surface area (Å²) in [7, 11) is 0. The van der Waals surface area contributed by atoms with Crippen LogP contribution in [0.2, 0.25) is 0 Å². The van der Waals surface area contributed by atoms with Gasteiger partial charge < -0.3 is 10.6 Å². The third kappa shape index (κ3) is 4.34. The number of hydrogen-bond acceptors (Lipinski definition) is 4. The third-order valence-corrected chi connectivity index (χ3v) is 5.22. The Morgan fingerprint density at radius 2 is 1.41 bits per heavy atom. The highest BCUT2D eigenvalue weighted by atomic mass is 16.2. The summed E-state index contributed by atoms with van der Waals surface area (Å²) in [6.07, 6.45) is 0. The monoisotopic (exact) mass is 391 g/mol. The number of carbonyl (C=O) groups excluding carboxylic acids is 2. The van der Waals surface area contributed by atoms with Gasteiger partial charge in [-0.25, -0.2) is 4.68 Å². The highest BCUT2D eigenvalue weighted by Crippen LogP contribution is 2.20. The summed E-state index contributed by atoms with van der Waals surface area (Å²) in [6, 6.07) is 11.5. The fourth-order valence-electron chi connectivity index (χ4n) is 3.00. The lowest BCUT2D eigenvalue weighted by atomic mass is 10.1. The Kier molecular flexibility index (Phi) is 5.77. The van der Waals surface area contributed by atoms with Crippen molar-refractivity contribution in [3.8, 4) is 0 Å².